The molecule has 0 radical (unpaired) electrons. The van der Waals surface area contributed by atoms with E-state index in [-0.39, 0.29) is 21.5 Å². The minimum absolute atomic E-state index is 0.0267. The molecular formula is C11H17N3O2S3. The van der Waals surface area contributed by atoms with E-state index in [0.717, 1.165) is 5.75 Å². The van der Waals surface area contributed by atoms with E-state index in [1.165, 1.54) is 12.3 Å². The molecule has 1 heterocycles. The van der Waals surface area contributed by atoms with Gasteiger partial charge in [-0.2, -0.15) is 11.8 Å². The highest BCUT2D eigenvalue weighted by Gasteiger charge is 2.20. The molecule has 0 aliphatic rings. The normalized spacial score (nSPS) is 13.2. The number of aromatic nitrogens is 1. The number of hydrogen-bond acceptors (Lipinski definition) is 5. The van der Waals surface area contributed by atoms with Crippen molar-refractivity contribution in [2.45, 2.75) is 11.8 Å². The number of pyridine rings is 1. The molecule has 0 amide bonds. The van der Waals surface area contributed by atoms with Crippen molar-refractivity contribution in [1.82, 2.24) is 9.71 Å². The summed E-state index contributed by atoms with van der Waals surface area (Å²) in [5.74, 6) is 1.13. The number of nitrogens with zero attached hydrogens (tertiary/aromatic N) is 1. The first-order valence-electron chi connectivity index (χ1n) is 5.62. The minimum Gasteiger partial charge on any atom is -0.388 e. The highest BCUT2D eigenvalue weighted by Crippen LogP contribution is 2.13. The van der Waals surface area contributed by atoms with Gasteiger partial charge < -0.3 is 5.73 Å². The third kappa shape index (κ3) is 4.72. The lowest BCUT2D eigenvalue weighted by molar-refractivity contribution is 0.562. The fraction of sp³-hybridized carbons (Fsp3) is 0.455. The Kier molecular flexibility index (Phi) is 6.18. The molecule has 0 bridgehead atoms. The molecule has 0 aromatic carbocycles. The lowest BCUT2D eigenvalue weighted by Crippen LogP contribution is -2.31. The predicted octanol–water partition coefficient (Wildman–Crippen LogP) is 0.993. The molecule has 0 spiro atoms. The summed E-state index contributed by atoms with van der Waals surface area (Å²) >= 11 is 6.49. The van der Waals surface area contributed by atoms with E-state index < -0.39 is 10.0 Å². The molecule has 0 fully saturated rings. The Morgan fingerprint density at radius 2 is 2.32 bits per heavy atom. The van der Waals surface area contributed by atoms with Crippen molar-refractivity contribution in [3.05, 3.63) is 24.0 Å². The van der Waals surface area contributed by atoms with Crippen LogP contribution in [0.3, 0.4) is 0 Å². The van der Waals surface area contributed by atoms with Crippen LogP contribution in [-0.4, -0.2) is 36.9 Å². The number of thioether (sulfide) groups is 1. The van der Waals surface area contributed by atoms with Crippen molar-refractivity contribution in [3.8, 4) is 0 Å². The van der Waals surface area contributed by atoms with Crippen molar-refractivity contribution in [3.63, 3.8) is 0 Å². The van der Waals surface area contributed by atoms with Gasteiger partial charge in [-0.3, -0.25) is 4.98 Å². The molecule has 1 rings (SSSR count). The first-order chi connectivity index (χ1) is 8.88. The molecule has 1 aromatic heterocycles. The standard InChI is InChI=1S/C11H17N3O2S3/c1-8(7-18-2)6-14-19(15,16)9-4-3-5-13-10(9)11(12)17/h3-5,8,14H,6-7H2,1-2H3,(H2,12,17). The maximum Gasteiger partial charge on any atom is 0.242 e. The van der Waals surface area contributed by atoms with Gasteiger partial charge in [-0.1, -0.05) is 19.1 Å². The van der Waals surface area contributed by atoms with Crippen LogP contribution in [0.4, 0.5) is 0 Å². The summed E-state index contributed by atoms with van der Waals surface area (Å²) in [6.07, 6.45) is 3.45. The number of rotatable bonds is 7. The Bertz CT molecular complexity index is 546. The summed E-state index contributed by atoms with van der Waals surface area (Å²) in [6, 6.07) is 2.99. The fourth-order valence-electron chi connectivity index (χ4n) is 1.47. The van der Waals surface area contributed by atoms with Gasteiger partial charge in [0.05, 0.1) is 0 Å². The van der Waals surface area contributed by atoms with Gasteiger partial charge in [0.15, 0.2) is 0 Å². The Hall–Kier alpha value is -0.700. The zero-order valence-electron chi connectivity index (χ0n) is 10.8. The third-order valence-corrected chi connectivity index (χ3v) is 4.92. The van der Waals surface area contributed by atoms with Crippen molar-refractivity contribution < 1.29 is 8.42 Å². The molecular weight excluding hydrogens is 302 g/mol. The molecule has 3 N–H and O–H groups in total. The topological polar surface area (TPSA) is 85.1 Å². The molecule has 0 aliphatic heterocycles. The number of nitrogens with one attached hydrogen (secondary N) is 1. The van der Waals surface area contributed by atoms with Gasteiger partial charge in [-0.15, -0.1) is 0 Å². The van der Waals surface area contributed by atoms with Gasteiger partial charge >= 0.3 is 0 Å². The molecule has 1 atom stereocenters. The van der Waals surface area contributed by atoms with Gasteiger partial charge in [-0.25, -0.2) is 13.1 Å². The number of nitrogens with two attached hydrogens (primary N) is 1. The molecule has 0 aliphatic carbocycles. The van der Waals surface area contributed by atoms with Gasteiger partial charge in [0.2, 0.25) is 10.0 Å². The summed E-state index contributed by atoms with van der Waals surface area (Å²) in [4.78, 5) is 3.92. The molecule has 0 saturated carbocycles. The zero-order valence-corrected chi connectivity index (χ0v) is 13.2. The van der Waals surface area contributed by atoms with Crippen LogP contribution in [0.5, 0.6) is 0 Å². The highest BCUT2D eigenvalue weighted by atomic mass is 32.2. The van der Waals surface area contributed by atoms with E-state index in [1.807, 2.05) is 13.2 Å². The Morgan fingerprint density at radius 3 is 2.89 bits per heavy atom. The van der Waals surface area contributed by atoms with E-state index in [1.54, 1.807) is 17.8 Å². The van der Waals surface area contributed by atoms with Gasteiger partial charge in [0.1, 0.15) is 15.6 Å². The van der Waals surface area contributed by atoms with Crippen LogP contribution in [0.1, 0.15) is 12.6 Å². The van der Waals surface area contributed by atoms with Crippen molar-refractivity contribution in [1.29, 1.82) is 0 Å². The number of hydrogen-bond donors (Lipinski definition) is 2. The van der Waals surface area contributed by atoms with Crippen molar-refractivity contribution >= 4 is 39.0 Å². The summed E-state index contributed by atoms with van der Waals surface area (Å²) in [6.45, 7) is 2.35. The molecule has 106 valence electrons. The monoisotopic (exact) mass is 319 g/mol. The summed E-state index contributed by atoms with van der Waals surface area (Å²) in [5.41, 5.74) is 5.62. The van der Waals surface area contributed by atoms with E-state index in [0.29, 0.717) is 6.54 Å². The maximum absolute atomic E-state index is 12.2. The summed E-state index contributed by atoms with van der Waals surface area (Å²) in [5, 5.41) is 0. The first-order valence-corrected chi connectivity index (χ1v) is 8.90. The van der Waals surface area contributed by atoms with Crippen LogP contribution in [-0.2, 0) is 10.0 Å². The van der Waals surface area contributed by atoms with Gasteiger partial charge in [0.25, 0.3) is 0 Å². The van der Waals surface area contributed by atoms with Crippen molar-refractivity contribution in [2.24, 2.45) is 11.7 Å². The van der Waals surface area contributed by atoms with E-state index in [9.17, 15) is 8.42 Å². The lowest BCUT2D eigenvalue weighted by Gasteiger charge is -2.13. The van der Waals surface area contributed by atoms with Gasteiger partial charge in [-0.05, 0) is 30.1 Å². The minimum atomic E-state index is -3.64. The van der Waals surface area contributed by atoms with Crippen LogP contribution in [0.15, 0.2) is 23.2 Å². The molecule has 0 saturated heterocycles. The number of sulfonamides is 1. The SMILES string of the molecule is CSCC(C)CNS(=O)(=O)c1cccnc1C(N)=S. The largest absolute Gasteiger partial charge is 0.388 e. The molecule has 1 aromatic rings. The molecule has 8 heteroatoms. The van der Waals surface area contributed by atoms with Crippen LogP contribution in [0.25, 0.3) is 0 Å². The fourth-order valence-corrected chi connectivity index (χ4v) is 3.71. The Labute approximate surface area is 123 Å². The van der Waals surface area contributed by atoms with Crippen molar-refractivity contribution in [2.75, 3.05) is 18.6 Å². The second-order valence-corrected chi connectivity index (χ2v) is 7.21. The smallest absolute Gasteiger partial charge is 0.242 e. The number of thiocarbonyl (C=S) groups is 1. The third-order valence-electron chi connectivity index (χ3n) is 2.37. The zero-order chi connectivity index (χ0) is 14.5. The Balaban J connectivity index is 2.92. The van der Waals surface area contributed by atoms with E-state index in [2.05, 4.69) is 9.71 Å². The molecule has 1 unspecified atom stereocenters. The quantitative estimate of drug-likeness (QED) is 0.729. The van der Waals surface area contributed by atoms with Gasteiger partial charge in [0, 0.05) is 12.7 Å². The first kappa shape index (κ1) is 16.4. The lowest BCUT2D eigenvalue weighted by atomic mass is 10.2. The van der Waals surface area contributed by atoms with Crippen LogP contribution in [0, 0.1) is 5.92 Å². The van der Waals surface area contributed by atoms with Crippen LogP contribution in [0.2, 0.25) is 0 Å². The van der Waals surface area contributed by atoms with Crippen LogP contribution < -0.4 is 10.5 Å². The maximum atomic E-state index is 12.2. The summed E-state index contributed by atoms with van der Waals surface area (Å²) < 4.78 is 26.9. The molecule has 5 nitrogen and oxygen atoms in total. The second kappa shape index (κ2) is 7.18. The highest BCUT2D eigenvalue weighted by molar-refractivity contribution is 7.98. The Morgan fingerprint density at radius 1 is 1.63 bits per heavy atom. The van der Waals surface area contributed by atoms with E-state index in [4.69, 9.17) is 18.0 Å². The average Bonchev–Trinajstić information content (AvgIpc) is 2.37. The average molecular weight is 319 g/mol. The predicted molar refractivity (Wildman–Crippen MR) is 82.9 cm³/mol. The van der Waals surface area contributed by atoms with E-state index >= 15 is 0 Å². The van der Waals surface area contributed by atoms with Crippen LogP contribution >= 0.6 is 24.0 Å². The summed E-state index contributed by atoms with van der Waals surface area (Å²) in [7, 11) is -3.64. The molecule has 19 heavy (non-hydrogen) atoms. The second-order valence-electron chi connectivity index (χ2n) is 4.13.